The molecule has 2 bridgehead atoms. The van der Waals surface area contributed by atoms with E-state index in [2.05, 4.69) is 29.2 Å². The van der Waals surface area contributed by atoms with Crippen molar-refractivity contribution in [3.05, 3.63) is 34.9 Å². The molecule has 25 heavy (non-hydrogen) atoms. The SMILES string of the molecule is Clc1ccc(C2C3CCC(CC3)C23CCC(N2CCCCC2)=N3)cc1. The normalized spacial score (nSPS) is 37.6. The van der Waals surface area contributed by atoms with Crippen molar-refractivity contribution >= 4 is 17.4 Å². The highest BCUT2D eigenvalue weighted by Crippen LogP contribution is 2.60. The zero-order valence-electron chi connectivity index (χ0n) is 15.1. The summed E-state index contributed by atoms with van der Waals surface area (Å²) in [5.41, 5.74) is 1.67. The Balaban J connectivity index is 1.52. The van der Waals surface area contributed by atoms with Crippen molar-refractivity contribution in [1.29, 1.82) is 0 Å². The number of benzene rings is 1. The van der Waals surface area contributed by atoms with Gasteiger partial charge < -0.3 is 4.90 Å². The van der Waals surface area contributed by atoms with E-state index >= 15 is 0 Å². The number of fused-ring (bicyclic) bond motifs is 2. The predicted octanol–water partition coefficient (Wildman–Crippen LogP) is 5.66. The quantitative estimate of drug-likeness (QED) is 0.633. The van der Waals surface area contributed by atoms with Crippen molar-refractivity contribution in [3.8, 4) is 0 Å². The third-order valence-electron chi connectivity index (χ3n) is 7.53. The van der Waals surface area contributed by atoms with Gasteiger partial charge in [0, 0.05) is 30.5 Å². The molecule has 1 spiro atoms. The first-order chi connectivity index (χ1) is 12.3. The Morgan fingerprint density at radius 2 is 1.68 bits per heavy atom. The third-order valence-corrected chi connectivity index (χ3v) is 7.78. The molecule has 0 N–H and O–H groups in total. The fraction of sp³-hybridized carbons (Fsp3) is 0.682. The first kappa shape index (κ1) is 16.2. The smallest absolute Gasteiger partial charge is 0.0997 e. The molecule has 3 saturated carbocycles. The number of hydrogen-bond donors (Lipinski definition) is 0. The van der Waals surface area contributed by atoms with Crippen LogP contribution in [0.25, 0.3) is 0 Å². The molecule has 0 radical (unpaired) electrons. The monoisotopic (exact) mass is 356 g/mol. The molecule has 0 aromatic heterocycles. The Labute approximate surface area is 156 Å². The lowest BCUT2D eigenvalue weighted by molar-refractivity contribution is 0.0429. The summed E-state index contributed by atoms with van der Waals surface area (Å²) < 4.78 is 0. The highest BCUT2D eigenvalue weighted by molar-refractivity contribution is 6.30. The van der Waals surface area contributed by atoms with Crippen molar-refractivity contribution in [3.63, 3.8) is 0 Å². The molecule has 2 aliphatic heterocycles. The zero-order chi connectivity index (χ0) is 16.9. The molecule has 134 valence electrons. The lowest BCUT2D eigenvalue weighted by atomic mass is 9.52. The van der Waals surface area contributed by atoms with Crippen LogP contribution in [0.1, 0.15) is 69.3 Å². The first-order valence-corrected chi connectivity index (χ1v) is 10.7. The van der Waals surface area contributed by atoms with Gasteiger partial charge in [0.05, 0.1) is 11.4 Å². The maximum atomic E-state index is 6.17. The van der Waals surface area contributed by atoms with Crippen LogP contribution in [0, 0.1) is 11.8 Å². The summed E-state index contributed by atoms with van der Waals surface area (Å²) in [6, 6.07) is 8.72. The number of halogens is 1. The largest absolute Gasteiger partial charge is 0.360 e. The second-order valence-electron chi connectivity index (χ2n) is 8.71. The number of amidine groups is 1. The Morgan fingerprint density at radius 3 is 2.40 bits per heavy atom. The summed E-state index contributed by atoms with van der Waals surface area (Å²) >= 11 is 6.17. The molecule has 2 unspecified atom stereocenters. The molecule has 5 aliphatic rings. The van der Waals surface area contributed by atoms with Gasteiger partial charge in [-0.15, -0.1) is 0 Å². The number of rotatable bonds is 1. The fourth-order valence-corrected chi connectivity index (χ4v) is 6.54. The molecule has 1 aromatic carbocycles. The number of nitrogens with zero attached hydrogens (tertiary/aromatic N) is 2. The maximum absolute atomic E-state index is 6.17. The zero-order valence-corrected chi connectivity index (χ0v) is 15.8. The predicted molar refractivity (Wildman–Crippen MR) is 104 cm³/mol. The van der Waals surface area contributed by atoms with Gasteiger partial charge in [0.2, 0.25) is 0 Å². The molecule has 0 amide bonds. The Morgan fingerprint density at radius 1 is 0.960 bits per heavy atom. The van der Waals surface area contributed by atoms with Crippen molar-refractivity contribution in [1.82, 2.24) is 4.90 Å². The van der Waals surface area contributed by atoms with Crippen LogP contribution in [0.5, 0.6) is 0 Å². The van der Waals surface area contributed by atoms with Crippen molar-refractivity contribution in [2.75, 3.05) is 13.1 Å². The average Bonchev–Trinajstić information content (AvgIpc) is 3.10. The summed E-state index contributed by atoms with van der Waals surface area (Å²) in [7, 11) is 0. The number of piperidine rings is 1. The summed E-state index contributed by atoms with van der Waals surface area (Å²) in [5.74, 6) is 3.65. The molecule has 2 heterocycles. The summed E-state index contributed by atoms with van der Waals surface area (Å²) in [4.78, 5) is 8.19. The van der Waals surface area contributed by atoms with E-state index in [4.69, 9.17) is 16.6 Å². The highest BCUT2D eigenvalue weighted by atomic mass is 35.5. The number of aliphatic imine (C=N–C) groups is 1. The van der Waals surface area contributed by atoms with Gasteiger partial charge in [0.25, 0.3) is 0 Å². The molecule has 2 atom stereocenters. The lowest BCUT2D eigenvalue weighted by Gasteiger charge is -2.54. The van der Waals surface area contributed by atoms with Crippen LogP contribution in [-0.2, 0) is 0 Å². The van der Waals surface area contributed by atoms with Gasteiger partial charge in [0.1, 0.15) is 0 Å². The average molecular weight is 357 g/mol. The molecule has 4 fully saturated rings. The van der Waals surface area contributed by atoms with Gasteiger partial charge in [-0.2, -0.15) is 0 Å². The lowest BCUT2D eigenvalue weighted by Crippen LogP contribution is -2.51. The van der Waals surface area contributed by atoms with E-state index in [0.717, 1.165) is 16.9 Å². The summed E-state index contributed by atoms with van der Waals surface area (Å²) in [5, 5.41) is 0.850. The van der Waals surface area contributed by atoms with Crippen LogP contribution in [0.15, 0.2) is 29.3 Å². The summed E-state index contributed by atoms with van der Waals surface area (Å²) in [6.45, 7) is 2.46. The Kier molecular flexibility index (Phi) is 4.08. The van der Waals surface area contributed by atoms with Gasteiger partial charge >= 0.3 is 0 Å². The van der Waals surface area contributed by atoms with Crippen LogP contribution in [0.3, 0.4) is 0 Å². The van der Waals surface area contributed by atoms with Gasteiger partial charge in [-0.25, -0.2) is 0 Å². The van der Waals surface area contributed by atoms with Gasteiger partial charge in [-0.05, 0) is 80.9 Å². The van der Waals surface area contributed by atoms with E-state index in [0.29, 0.717) is 5.92 Å². The van der Waals surface area contributed by atoms with Crippen molar-refractivity contribution in [2.24, 2.45) is 16.8 Å². The van der Waals surface area contributed by atoms with Crippen LogP contribution in [-0.4, -0.2) is 29.4 Å². The molecule has 2 nitrogen and oxygen atoms in total. The minimum atomic E-state index is 0.182. The van der Waals surface area contributed by atoms with E-state index in [1.165, 1.54) is 82.3 Å². The number of likely N-dealkylation sites (tertiary alicyclic amines) is 1. The Hall–Kier alpha value is -1.02. The van der Waals surface area contributed by atoms with Gasteiger partial charge in [0.15, 0.2) is 0 Å². The molecule has 6 rings (SSSR count). The molecular weight excluding hydrogens is 328 g/mol. The van der Waals surface area contributed by atoms with E-state index in [-0.39, 0.29) is 5.54 Å². The standard InChI is InChI=1S/C22H29ClN2/c23-19-10-6-17(7-11-19)21-16-4-8-18(9-5-16)22(21)13-12-20(24-22)25-14-2-1-3-15-25/h6-7,10-11,16,18,21H,1-5,8-9,12-15H2. The first-order valence-electron chi connectivity index (χ1n) is 10.4. The molecule has 1 saturated heterocycles. The van der Waals surface area contributed by atoms with Crippen LogP contribution in [0.2, 0.25) is 5.02 Å². The van der Waals surface area contributed by atoms with Crippen LogP contribution in [0.4, 0.5) is 0 Å². The molecule has 3 heteroatoms. The molecule has 3 aliphatic carbocycles. The topological polar surface area (TPSA) is 15.6 Å². The van der Waals surface area contributed by atoms with Crippen molar-refractivity contribution in [2.45, 2.75) is 69.2 Å². The van der Waals surface area contributed by atoms with Gasteiger partial charge in [-0.3, -0.25) is 4.99 Å². The fourth-order valence-electron chi connectivity index (χ4n) is 6.41. The van der Waals surface area contributed by atoms with E-state index in [9.17, 15) is 0 Å². The molecule has 1 aromatic rings. The highest BCUT2D eigenvalue weighted by Gasteiger charge is 2.56. The van der Waals surface area contributed by atoms with Gasteiger partial charge in [-0.1, -0.05) is 23.7 Å². The Bertz CT molecular complexity index is 653. The minimum Gasteiger partial charge on any atom is -0.360 e. The van der Waals surface area contributed by atoms with E-state index < -0.39 is 0 Å². The second-order valence-corrected chi connectivity index (χ2v) is 9.14. The van der Waals surface area contributed by atoms with Crippen LogP contribution < -0.4 is 0 Å². The molecular formula is C22H29ClN2. The minimum absolute atomic E-state index is 0.182. The van der Waals surface area contributed by atoms with E-state index in [1.54, 1.807) is 0 Å². The van der Waals surface area contributed by atoms with E-state index in [1.807, 2.05) is 0 Å². The van der Waals surface area contributed by atoms with Crippen LogP contribution >= 0.6 is 11.6 Å². The third kappa shape index (κ3) is 2.63. The number of hydrogen-bond acceptors (Lipinski definition) is 2. The second kappa shape index (κ2) is 6.30. The maximum Gasteiger partial charge on any atom is 0.0997 e. The summed E-state index contributed by atoms with van der Waals surface area (Å²) in [6.07, 6.45) is 12.1. The van der Waals surface area contributed by atoms with Crippen molar-refractivity contribution < 1.29 is 0 Å².